The van der Waals surface area contributed by atoms with Gasteiger partial charge in [-0.2, -0.15) is 0 Å². The van der Waals surface area contributed by atoms with Crippen molar-refractivity contribution in [2.45, 2.75) is 79.6 Å². The van der Waals surface area contributed by atoms with Gasteiger partial charge in [0.25, 0.3) is 0 Å². The van der Waals surface area contributed by atoms with E-state index in [9.17, 15) is 4.79 Å². The fourth-order valence-corrected chi connectivity index (χ4v) is 6.49. The van der Waals surface area contributed by atoms with Gasteiger partial charge in [-0.3, -0.25) is 4.79 Å². The zero-order valence-electron chi connectivity index (χ0n) is 13.4. The molecule has 0 N–H and O–H groups in total. The van der Waals surface area contributed by atoms with Gasteiger partial charge in [-0.1, -0.05) is 34.6 Å². The van der Waals surface area contributed by atoms with Crippen LogP contribution in [0.2, 0.25) is 0 Å². The van der Waals surface area contributed by atoms with E-state index in [2.05, 4.69) is 34.6 Å². The number of hydrogen-bond acceptors (Lipinski definition) is 1. The molecule has 108 valence electrons. The first-order valence-electron chi connectivity index (χ1n) is 8.07. The molecule has 0 heterocycles. The van der Waals surface area contributed by atoms with Gasteiger partial charge >= 0.3 is 0 Å². The van der Waals surface area contributed by atoms with E-state index in [1.807, 2.05) is 0 Å². The summed E-state index contributed by atoms with van der Waals surface area (Å²) in [4.78, 5) is 12.6. The lowest BCUT2D eigenvalue weighted by Crippen LogP contribution is -2.55. The zero-order chi connectivity index (χ0) is 14.1. The number of carbonyl (C=O) groups excluding carboxylic acids is 1. The Morgan fingerprint density at radius 2 is 1.53 bits per heavy atom. The van der Waals surface area contributed by atoms with Crippen LogP contribution in [0, 0.1) is 27.6 Å². The molecule has 4 saturated carbocycles. The van der Waals surface area contributed by atoms with Crippen molar-refractivity contribution in [3.05, 3.63) is 0 Å². The molecule has 1 heteroatoms. The van der Waals surface area contributed by atoms with Gasteiger partial charge in [-0.25, -0.2) is 0 Å². The smallest absolute Gasteiger partial charge is 0.138 e. The van der Waals surface area contributed by atoms with Crippen LogP contribution in [-0.2, 0) is 4.79 Å². The molecular formula is C18H30O. The summed E-state index contributed by atoms with van der Waals surface area (Å²) < 4.78 is 0. The van der Waals surface area contributed by atoms with Crippen LogP contribution in [0.3, 0.4) is 0 Å². The number of carbonyl (C=O) groups is 1. The highest BCUT2D eigenvalue weighted by atomic mass is 16.1. The molecule has 2 atom stereocenters. The summed E-state index contributed by atoms with van der Waals surface area (Å²) in [5.41, 5.74) is 1.26. The lowest BCUT2D eigenvalue weighted by molar-refractivity contribution is -0.158. The van der Waals surface area contributed by atoms with Gasteiger partial charge in [0.1, 0.15) is 5.78 Å². The molecule has 2 unspecified atom stereocenters. The first kappa shape index (κ1) is 13.6. The van der Waals surface area contributed by atoms with Crippen molar-refractivity contribution in [2.75, 3.05) is 0 Å². The summed E-state index contributed by atoms with van der Waals surface area (Å²) in [5.74, 6) is 1.39. The van der Waals surface area contributed by atoms with Crippen molar-refractivity contribution < 1.29 is 4.79 Å². The SMILES string of the molecule is CC12CC3CC(C)(C1)CC(CC(=O)C(C)(C)C)(C3)C2. The summed E-state index contributed by atoms with van der Waals surface area (Å²) in [7, 11) is 0. The normalized spacial score (nSPS) is 48.6. The minimum Gasteiger partial charge on any atom is -0.299 e. The summed E-state index contributed by atoms with van der Waals surface area (Å²) in [6.45, 7) is 11.2. The van der Waals surface area contributed by atoms with Crippen LogP contribution in [0.1, 0.15) is 79.6 Å². The number of rotatable bonds is 2. The highest BCUT2D eigenvalue weighted by molar-refractivity contribution is 5.84. The Balaban J connectivity index is 1.87. The van der Waals surface area contributed by atoms with Crippen LogP contribution in [-0.4, -0.2) is 5.78 Å². The van der Waals surface area contributed by atoms with Gasteiger partial charge < -0.3 is 0 Å². The summed E-state index contributed by atoms with van der Waals surface area (Å²) in [5, 5.41) is 0. The van der Waals surface area contributed by atoms with Crippen molar-refractivity contribution in [1.82, 2.24) is 0 Å². The predicted octanol–water partition coefficient (Wildman–Crippen LogP) is 4.99. The second-order valence-electron chi connectivity index (χ2n) is 9.98. The fourth-order valence-electron chi connectivity index (χ4n) is 6.49. The molecule has 4 aliphatic carbocycles. The maximum atomic E-state index is 12.6. The minimum atomic E-state index is -0.162. The average Bonchev–Trinajstić information content (AvgIpc) is 2.07. The van der Waals surface area contributed by atoms with Crippen LogP contribution in [0.15, 0.2) is 0 Å². The first-order valence-corrected chi connectivity index (χ1v) is 8.07. The second kappa shape index (κ2) is 3.65. The Bertz CT molecular complexity index is 396. The molecule has 4 aliphatic rings. The molecule has 0 amide bonds. The van der Waals surface area contributed by atoms with Crippen molar-refractivity contribution in [2.24, 2.45) is 27.6 Å². The molecule has 19 heavy (non-hydrogen) atoms. The Kier molecular flexibility index (Phi) is 2.62. The number of Topliss-reactive ketones (excluding diaryl/α,β-unsaturated/α-hetero) is 1. The Morgan fingerprint density at radius 1 is 1.00 bits per heavy atom. The maximum Gasteiger partial charge on any atom is 0.138 e. The molecule has 0 aromatic heterocycles. The van der Waals surface area contributed by atoms with Crippen LogP contribution < -0.4 is 0 Å². The molecule has 1 nitrogen and oxygen atoms in total. The molecule has 0 aliphatic heterocycles. The molecule has 0 saturated heterocycles. The molecule has 4 fully saturated rings. The second-order valence-corrected chi connectivity index (χ2v) is 9.98. The van der Waals surface area contributed by atoms with E-state index in [0.717, 1.165) is 12.3 Å². The standard InChI is InChI=1S/C18H30O/c1-15(2,3)14(19)9-18-8-13-6-16(4,11-18)10-17(5,7-13)12-18/h13H,6-12H2,1-5H3. The molecule has 4 bridgehead atoms. The largest absolute Gasteiger partial charge is 0.299 e. The van der Waals surface area contributed by atoms with E-state index >= 15 is 0 Å². The van der Waals surface area contributed by atoms with E-state index in [1.54, 1.807) is 0 Å². The predicted molar refractivity (Wildman–Crippen MR) is 78.9 cm³/mol. The summed E-state index contributed by atoms with van der Waals surface area (Å²) in [6.07, 6.45) is 9.06. The highest BCUT2D eigenvalue weighted by Crippen LogP contribution is 2.70. The maximum absolute atomic E-state index is 12.6. The van der Waals surface area contributed by atoms with Gasteiger partial charge in [-0.15, -0.1) is 0 Å². The van der Waals surface area contributed by atoms with Crippen LogP contribution in [0.5, 0.6) is 0 Å². The molecule has 4 rings (SSSR count). The topological polar surface area (TPSA) is 17.1 Å². The van der Waals surface area contributed by atoms with E-state index in [4.69, 9.17) is 0 Å². The first-order chi connectivity index (χ1) is 8.53. The van der Waals surface area contributed by atoms with Crippen molar-refractivity contribution >= 4 is 5.78 Å². The Morgan fingerprint density at radius 3 is 1.95 bits per heavy atom. The van der Waals surface area contributed by atoms with Crippen LogP contribution in [0.25, 0.3) is 0 Å². The van der Waals surface area contributed by atoms with Crippen LogP contribution in [0.4, 0.5) is 0 Å². The molecule has 0 radical (unpaired) electrons. The molecular weight excluding hydrogens is 232 g/mol. The van der Waals surface area contributed by atoms with Crippen molar-refractivity contribution in [1.29, 1.82) is 0 Å². The Labute approximate surface area is 118 Å². The zero-order valence-corrected chi connectivity index (χ0v) is 13.4. The van der Waals surface area contributed by atoms with E-state index in [-0.39, 0.29) is 5.41 Å². The van der Waals surface area contributed by atoms with Gasteiger partial charge in [0, 0.05) is 11.8 Å². The van der Waals surface area contributed by atoms with Gasteiger partial charge in [0.2, 0.25) is 0 Å². The number of hydrogen-bond donors (Lipinski definition) is 0. The fraction of sp³-hybridized carbons (Fsp3) is 0.944. The van der Waals surface area contributed by atoms with Gasteiger partial charge in [-0.05, 0) is 60.7 Å². The Hall–Kier alpha value is -0.330. The van der Waals surface area contributed by atoms with E-state index in [0.29, 0.717) is 22.0 Å². The third kappa shape index (κ3) is 2.28. The number of ketones is 1. The van der Waals surface area contributed by atoms with Gasteiger partial charge in [0.15, 0.2) is 0 Å². The minimum absolute atomic E-state index is 0.162. The highest BCUT2D eigenvalue weighted by Gasteiger charge is 2.60. The molecule has 0 aromatic carbocycles. The monoisotopic (exact) mass is 262 g/mol. The third-order valence-electron chi connectivity index (χ3n) is 6.11. The van der Waals surface area contributed by atoms with Crippen LogP contribution >= 0.6 is 0 Å². The van der Waals surface area contributed by atoms with Crippen molar-refractivity contribution in [3.8, 4) is 0 Å². The lowest BCUT2D eigenvalue weighted by atomic mass is 9.39. The molecule has 0 aromatic rings. The average molecular weight is 262 g/mol. The van der Waals surface area contributed by atoms with E-state index < -0.39 is 0 Å². The summed E-state index contributed by atoms with van der Waals surface area (Å²) >= 11 is 0. The van der Waals surface area contributed by atoms with Crippen molar-refractivity contribution in [3.63, 3.8) is 0 Å². The third-order valence-corrected chi connectivity index (χ3v) is 6.11. The lowest BCUT2D eigenvalue weighted by Gasteiger charge is -2.65. The molecule has 0 spiro atoms. The summed E-state index contributed by atoms with van der Waals surface area (Å²) in [6, 6.07) is 0. The van der Waals surface area contributed by atoms with Gasteiger partial charge in [0.05, 0.1) is 0 Å². The van der Waals surface area contributed by atoms with E-state index in [1.165, 1.54) is 38.5 Å². The quantitative estimate of drug-likeness (QED) is 0.685.